The van der Waals surface area contributed by atoms with Crippen molar-refractivity contribution in [3.8, 4) is 11.5 Å². The molecule has 0 fully saturated rings. The highest BCUT2D eigenvalue weighted by Crippen LogP contribution is 2.27. The van der Waals surface area contributed by atoms with Crippen LogP contribution < -0.4 is 19.7 Å². The smallest absolute Gasteiger partial charge is 0.225 e. The van der Waals surface area contributed by atoms with Gasteiger partial charge in [-0.25, -0.2) is 4.98 Å². The molecule has 0 atom stereocenters. The monoisotopic (exact) mass is 366 g/mol. The summed E-state index contributed by atoms with van der Waals surface area (Å²) in [6.45, 7) is 6.61. The number of rotatable bonds is 8. The maximum absolute atomic E-state index is 5.47. The zero-order valence-corrected chi connectivity index (χ0v) is 16.3. The predicted octanol–water partition coefficient (Wildman–Crippen LogP) is 4.11. The van der Waals surface area contributed by atoms with Crippen molar-refractivity contribution in [2.45, 2.75) is 20.4 Å². The van der Waals surface area contributed by atoms with Crippen molar-refractivity contribution in [1.82, 2.24) is 9.97 Å². The lowest BCUT2D eigenvalue weighted by molar-refractivity contribution is 0.391. The first-order valence-electron chi connectivity index (χ1n) is 9.16. The molecule has 0 amide bonds. The lowest BCUT2D eigenvalue weighted by atomic mass is 10.2. The van der Waals surface area contributed by atoms with Crippen molar-refractivity contribution in [1.29, 1.82) is 0 Å². The number of benzene rings is 2. The van der Waals surface area contributed by atoms with E-state index in [0.29, 0.717) is 12.5 Å². The average Bonchev–Trinajstić information content (AvgIpc) is 2.72. The minimum atomic E-state index is 0.559. The fourth-order valence-electron chi connectivity index (χ4n) is 3.08. The Morgan fingerprint density at radius 2 is 1.74 bits per heavy atom. The number of nitrogens with one attached hydrogen (secondary N) is 1. The number of hydrogen-bond donors (Lipinski definition) is 1. The molecule has 27 heavy (non-hydrogen) atoms. The molecule has 142 valence electrons. The molecule has 3 aromatic rings. The number of fused-ring (bicyclic) bond motifs is 1. The van der Waals surface area contributed by atoms with Gasteiger partial charge in [0.25, 0.3) is 0 Å². The van der Waals surface area contributed by atoms with Gasteiger partial charge in [0.05, 0.1) is 19.7 Å². The Bertz CT molecular complexity index is 910. The standard InChI is InChI=1S/C21H26N4O2/c1-5-25(6-2)20-17-9-7-8-10-18(17)23-21(24-20)22-14-15-11-12-16(26-3)13-19(15)27-4/h7-13H,5-6,14H2,1-4H3,(H,22,23,24). The highest BCUT2D eigenvalue weighted by Gasteiger charge is 2.13. The Morgan fingerprint density at radius 3 is 2.44 bits per heavy atom. The van der Waals surface area contributed by atoms with Gasteiger partial charge in [-0.1, -0.05) is 12.1 Å². The Labute approximate surface area is 160 Å². The SMILES string of the molecule is CCN(CC)c1nc(NCc2ccc(OC)cc2OC)nc2ccccc12. The van der Waals surface area contributed by atoms with E-state index in [2.05, 4.69) is 35.1 Å². The van der Waals surface area contributed by atoms with Crippen LogP contribution in [0.15, 0.2) is 42.5 Å². The van der Waals surface area contributed by atoms with Gasteiger partial charge in [0, 0.05) is 36.7 Å². The minimum Gasteiger partial charge on any atom is -0.497 e. The van der Waals surface area contributed by atoms with Crippen molar-refractivity contribution >= 4 is 22.7 Å². The Hall–Kier alpha value is -3.02. The number of nitrogens with zero attached hydrogens (tertiary/aromatic N) is 3. The van der Waals surface area contributed by atoms with Crippen LogP contribution in [0.2, 0.25) is 0 Å². The molecule has 6 heteroatoms. The van der Waals surface area contributed by atoms with Crippen molar-refractivity contribution < 1.29 is 9.47 Å². The van der Waals surface area contributed by atoms with Crippen LogP contribution >= 0.6 is 0 Å². The van der Waals surface area contributed by atoms with E-state index in [1.807, 2.05) is 36.4 Å². The molecule has 0 saturated carbocycles. The molecule has 1 N–H and O–H groups in total. The summed E-state index contributed by atoms with van der Waals surface area (Å²) in [4.78, 5) is 11.7. The van der Waals surface area contributed by atoms with Gasteiger partial charge in [0.2, 0.25) is 5.95 Å². The topological polar surface area (TPSA) is 59.5 Å². The summed E-state index contributed by atoms with van der Waals surface area (Å²) >= 11 is 0. The first-order chi connectivity index (χ1) is 13.2. The number of aromatic nitrogens is 2. The van der Waals surface area contributed by atoms with E-state index >= 15 is 0 Å². The molecule has 2 aromatic carbocycles. The van der Waals surface area contributed by atoms with Gasteiger partial charge in [-0.3, -0.25) is 0 Å². The minimum absolute atomic E-state index is 0.559. The second-order valence-electron chi connectivity index (χ2n) is 6.09. The van der Waals surface area contributed by atoms with Crippen molar-refractivity contribution in [3.05, 3.63) is 48.0 Å². The summed E-state index contributed by atoms with van der Waals surface area (Å²) in [5, 5.41) is 4.40. The third-order valence-corrected chi connectivity index (χ3v) is 4.58. The van der Waals surface area contributed by atoms with Gasteiger partial charge in [0.1, 0.15) is 17.3 Å². The molecule has 0 radical (unpaired) electrons. The molecule has 1 heterocycles. The molecule has 0 aliphatic heterocycles. The van der Waals surface area contributed by atoms with E-state index in [4.69, 9.17) is 14.5 Å². The number of methoxy groups -OCH3 is 2. The van der Waals surface area contributed by atoms with Crippen LogP contribution in [0.1, 0.15) is 19.4 Å². The van der Waals surface area contributed by atoms with Gasteiger partial charge in [-0.05, 0) is 38.1 Å². The summed E-state index contributed by atoms with van der Waals surface area (Å²) in [7, 11) is 3.30. The lowest BCUT2D eigenvalue weighted by Crippen LogP contribution is -2.24. The van der Waals surface area contributed by atoms with Crippen LogP contribution in [-0.2, 0) is 6.54 Å². The maximum Gasteiger partial charge on any atom is 0.225 e. The summed E-state index contributed by atoms with van der Waals surface area (Å²) < 4.78 is 10.7. The number of anilines is 2. The van der Waals surface area contributed by atoms with Crippen LogP contribution in [0.4, 0.5) is 11.8 Å². The molecule has 6 nitrogen and oxygen atoms in total. The summed E-state index contributed by atoms with van der Waals surface area (Å²) in [5.74, 6) is 3.09. The van der Waals surface area contributed by atoms with E-state index in [1.165, 1.54) is 0 Å². The van der Waals surface area contributed by atoms with Crippen LogP contribution in [0.3, 0.4) is 0 Å². The molecule has 0 aliphatic carbocycles. The molecule has 3 rings (SSSR count). The molecule has 0 bridgehead atoms. The van der Waals surface area contributed by atoms with Gasteiger partial charge < -0.3 is 19.7 Å². The second kappa shape index (κ2) is 8.58. The quantitative estimate of drug-likeness (QED) is 0.647. The fourth-order valence-corrected chi connectivity index (χ4v) is 3.08. The molecule has 1 aromatic heterocycles. The zero-order chi connectivity index (χ0) is 19.2. The average molecular weight is 366 g/mol. The largest absolute Gasteiger partial charge is 0.497 e. The first kappa shape index (κ1) is 18.8. The van der Waals surface area contributed by atoms with E-state index in [0.717, 1.165) is 46.9 Å². The molecule has 0 saturated heterocycles. The number of para-hydroxylation sites is 1. The van der Waals surface area contributed by atoms with E-state index in [9.17, 15) is 0 Å². The van der Waals surface area contributed by atoms with E-state index in [-0.39, 0.29) is 0 Å². The Kier molecular flexibility index (Phi) is 5.96. The van der Waals surface area contributed by atoms with Gasteiger partial charge in [-0.15, -0.1) is 0 Å². The predicted molar refractivity (Wildman–Crippen MR) is 110 cm³/mol. The Morgan fingerprint density at radius 1 is 0.963 bits per heavy atom. The van der Waals surface area contributed by atoms with Gasteiger partial charge >= 0.3 is 0 Å². The molecule has 0 spiro atoms. The summed E-state index contributed by atoms with van der Waals surface area (Å²) in [5.41, 5.74) is 1.94. The lowest BCUT2D eigenvalue weighted by Gasteiger charge is -2.22. The van der Waals surface area contributed by atoms with Crippen LogP contribution in [0, 0.1) is 0 Å². The Balaban J connectivity index is 1.91. The van der Waals surface area contributed by atoms with Crippen LogP contribution in [-0.4, -0.2) is 37.3 Å². The van der Waals surface area contributed by atoms with E-state index in [1.54, 1.807) is 14.2 Å². The third kappa shape index (κ3) is 4.05. The maximum atomic E-state index is 5.47. The third-order valence-electron chi connectivity index (χ3n) is 4.58. The van der Waals surface area contributed by atoms with Crippen molar-refractivity contribution in [2.75, 3.05) is 37.5 Å². The van der Waals surface area contributed by atoms with Gasteiger partial charge in [-0.2, -0.15) is 4.98 Å². The molecular weight excluding hydrogens is 340 g/mol. The normalized spacial score (nSPS) is 10.7. The van der Waals surface area contributed by atoms with Crippen molar-refractivity contribution in [2.24, 2.45) is 0 Å². The highest BCUT2D eigenvalue weighted by molar-refractivity contribution is 5.90. The highest BCUT2D eigenvalue weighted by atomic mass is 16.5. The number of ether oxygens (including phenoxy) is 2. The van der Waals surface area contributed by atoms with Crippen molar-refractivity contribution in [3.63, 3.8) is 0 Å². The molecular formula is C21H26N4O2. The van der Waals surface area contributed by atoms with E-state index < -0.39 is 0 Å². The van der Waals surface area contributed by atoms with Crippen LogP contribution in [0.25, 0.3) is 10.9 Å². The zero-order valence-electron chi connectivity index (χ0n) is 16.3. The number of hydrogen-bond acceptors (Lipinski definition) is 6. The van der Waals surface area contributed by atoms with Gasteiger partial charge in [0.15, 0.2) is 0 Å². The molecule has 0 unspecified atom stereocenters. The molecule has 0 aliphatic rings. The fraction of sp³-hybridized carbons (Fsp3) is 0.333. The first-order valence-corrected chi connectivity index (χ1v) is 9.16. The summed E-state index contributed by atoms with van der Waals surface area (Å²) in [6.07, 6.45) is 0. The van der Waals surface area contributed by atoms with Crippen LogP contribution in [0.5, 0.6) is 11.5 Å². The second-order valence-corrected chi connectivity index (χ2v) is 6.09. The summed E-state index contributed by atoms with van der Waals surface area (Å²) in [6, 6.07) is 13.9.